The average Bonchev–Trinajstić information content (AvgIpc) is 3.26. The summed E-state index contributed by atoms with van der Waals surface area (Å²) in [6.45, 7) is 12.6. The van der Waals surface area contributed by atoms with Gasteiger partial charge in [-0.05, 0) is 46.6 Å². The van der Waals surface area contributed by atoms with Gasteiger partial charge in [-0.1, -0.05) is 6.92 Å². The Bertz CT molecular complexity index is 477. The minimum Gasteiger partial charge on any atom is -0.444 e. The lowest BCUT2D eigenvalue weighted by molar-refractivity contribution is 0.0507. The molecule has 7 nitrogen and oxygen atoms in total. The Morgan fingerprint density at radius 2 is 2.00 bits per heavy atom. The first-order chi connectivity index (χ1) is 11.8. The zero-order valence-electron chi connectivity index (χ0n) is 16.9. The number of aliphatic imine (C=N–C) groups is 1. The van der Waals surface area contributed by atoms with Crippen molar-refractivity contribution < 1.29 is 9.53 Å². The Balaban J connectivity index is 0.00000338. The fraction of sp³-hybridized carbons (Fsp3) is 0.889. The van der Waals surface area contributed by atoms with Crippen LogP contribution in [0.2, 0.25) is 0 Å². The molecule has 1 atom stereocenters. The first-order valence-corrected chi connectivity index (χ1v) is 9.51. The molecule has 1 unspecified atom stereocenters. The van der Waals surface area contributed by atoms with E-state index in [-0.39, 0.29) is 36.1 Å². The second-order valence-electron chi connectivity index (χ2n) is 7.91. The molecule has 1 saturated heterocycles. The highest BCUT2D eigenvalue weighted by atomic mass is 127. The van der Waals surface area contributed by atoms with E-state index >= 15 is 0 Å². The highest BCUT2D eigenvalue weighted by Crippen LogP contribution is 2.25. The van der Waals surface area contributed by atoms with Gasteiger partial charge in [0.1, 0.15) is 5.60 Å². The van der Waals surface area contributed by atoms with Crippen molar-refractivity contribution in [1.82, 2.24) is 20.4 Å². The number of ether oxygens (including phenoxy) is 1. The van der Waals surface area contributed by atoms with E-state index in [2.05, 4.69) is 32.3 Å². The van der Waals surface area contributed by atoms with Crippen molar-refractivity contribution in [2.75, 3.05) is 39.8 Å². The lowest BCUT2D eigenvalue weighted by Crippen LogP contribution is -2.46. The first-order valence-electron chi connectivity index (χ1n) is 9.51. The summed E-state index contributed by atoms with van der Waals surface area (Å²) in [4.78, 5) is 21.0. The van der Waals surface area contributed by atoms with Crippen molar-refractivity contribution in [2.45, 2.75) is 64.6 Å². The van der Waals surface area contributed by atoms with Crippen LogP contribution in [-0.4, -0.2) is 79.3 Å². The predicted octanol–water partition coefficient (Wildman–Crippen LogP) is 2.26. The molecule has 1 aliphatic heterocycles. The third-order valence-corrected chi connectivity index (χ3v) is 4.57. The molecule has 2 N–H and O–H groups in total. The number of hydrogen-bond acceptors (Lipinski definition) is 4. The Morgan fingerprint density at radius 1 is 1.31 bits per heavy atom. The summed E-state index contributed by atoms with van der Waals surface area (Å²) in [5.74, 6) is 0.917. The number of nitrogens with one attached hydrogen (secondary N) is 2. The van der Waals surface area contributed by atoms with Gasteiger partial charge in [0, 0.05) is 39.3 Å². The van der Waals surface area contributed by atoms with Gasteiger partial charge >= 0.3 is 6.09 Å². The molecule has 0 aromatic carbocycles. The molecule has 0 bridgehead atoms. The molecule has 0 radical (unpaired) electrons. The lowest BCUT2D eigenvalue weighted by atomic mass is 10.2. The second kappa shape index (κ2) is 10.5. The molecule has 26 heavy (non-hydrogen) atoms. The van der Waals surface area contributed by atoms with Crippen LogP contribution in [-0.2, 0) is 4.74 Å². The number of halogens is 1. The molecule has 0 spiro atoms. The monoisotopic (exact) mass is 481 g/mol. The van der Waals surface area contributed by atoms with Gasteiger partial charge in [-0.3, -0.25) is 9.89 Å². The number of amides is 1. The molecule has 2 aliphatic rings. The molecule has 152 valence electrons. The quantitative estimate of drug-likeness (QED) is 0.346. The number of carbonyl (C=O) groups is 1. The second-order valence-corrected chi connectivity index (χ2v) is 7.91. The van der Waals surface area contributed by atoms with Gasteiger partial charge in [0.05, 0.1) is 6.04 Å². The van der Waals surface area contributed by atoms with E-state index < -0.39 is 5.60 Å². The highest BCUT2D eigenvalue weighted by molar-refractivity contribution is 14.0. The maximum absolute atomic E-state index is 11.9. The molecule has 0 aromatic rings. The maximum Gasteiger partial charge on any atom is 0.407 e. The SMILES string of the molecule is CCN(CCNC(=NC)N1CCC(NC(=O)OC(C)(C)C)C1)C1CC1.I. The van der Waals surface area contributed by atoms with Crippen LogP contribution in [0.15, 0.2) is 4.99 Å². The van der Waals surface area contributed by atoms with Crippen molar-refractivity contribution in [1.29, 1.82) is 0 Å². The third kappa shape index (κ3) is 7.85. The average molecular weight is 481 g/mol. The van der Waals surface area contributed by atoms with Crippen LogP contribution < -0.4 is 10.6 Å². The van der Waals surface area contributed by atoms with E-state index in [4.69, 9.17) is 4.74 Å². The van der Waals surface area contributed by atoms with Gasteiger partial charge in [-0.25, -0.2) is 4.79 Å². The molecule has 1 amide bonds. The molecule has 0 aromatic heterocycles. The van der Waals surface area contributed by atoms with E-state index in [0.717, 1.165) is 51.1 Å². The summed E-state index contributed by atoms with van der Waals surface area (Å²) in [6.07, 6.45) is 3.24. The Labute approximate surface area is 175 Å². The van der Waals surface area contributed by atoms with E-state index in [1.165, 1.54) is 12.8 Å². The van der Waals surface area contributed by atoms with Gasteiger partial charge in [0.2, 0.25) is 0 Å². The van der Waals surface area contributed by atoms with Crippen molar-refractivity contribution in [3.05, 3.63) is 0 Å². The zero-order valence-corrected chi connectivity index (χ0v) is 19.2. The van der Waals surface area contributed by atoms with Crippen molar-refractivity contribution in [2.24, 2.45) is 4.99 Å². The number of guanidine groups is 1. The largest absolute Gasteiger partial charge is 0.444 e. The third-order valence-electron chi connectivity index (χ3n) is 4.57. The number of alkyl carbamates (subject to hydrolysis) is 1. The van der Waals surface area contributed by atoms with Crippen LogP contribution in [0.1, 0.15) is 47.0 Å². The summed E-state index contributed by atoms with van der Waals surface area (Å²) in [7, 11) is 1.81. The van der Waals surface area contributed by atoms with Crippen molar-refractivity contribution >= 4 is 36.0 Å². The summed E-state index contributed by atoms with van der Waals surface area (Å²) in [5, 5.41) is 6.42. The van der Waals surface area contributed by atoms with Crippen LogP contribution in [0.5, 0.6) is 0 Å². The predicted molar refractivity (Wildman–Crippen MR) is 116 cm³/mol. The lowest BCUT2D eigenvalue weighted by Gasteiger charge is -2.25. The zero-order chi connectivity index (χ0) is 18.4. The summed E-state index contributed by atoms with van der Waals surface area (Å²) in [5.41, 5.74) is -0.466. The normalized spacial score (nSPS) is 20.8. The Morgan fingerprint density at radius 3 is 2.54 bits per heavy atom. The molecule has 2 fully saturated rings. The topological polar surface area (TPSA) is 69.2 Å². The van der Waals surface area contributed by atoms with Crippen molar-refractivity contribution in [3.8, 4) is 0 Å². The Hall–Kier alpha value is -0.770. The van der Waals surface area contributed by atoms with Gasteiger partial charge in [-0.2, -0.15) is 0 Å². The van der Waals surface area contributed by atoms with E-state index in [0.29, 0.717) is 0 Å². The Kier molecular flexibility index (Phi) is 9.43. The summed E-state index contributed by atoms with van der Waals surface area (Å²) in [6, 6.07) is 0.898. The molecular weight excluding hydrogens is 445 g/mol. The smallest absolute Gasteiger partial charge is 0.407 e. The van der Waals surface area contributed by atoms with E-state index in [1.54, 1.807) is 0 Å². The minimum absolute atomic E-state index is 0. The number of likely N-dealkylation sites (tertiary alicyclic amines) is 1. The molecule has 1 saturated carbocycles. The van der Waals surface area contributed by atoms with Crippen LogP contribution in [0.25, 0.3) is 0 Å². The van der Waals surface area contributed by atoms with Gasteiger partial charge in [0.15, 0.2) is 5.96 Å². The summed E-state index contributed by atoms with van der Waals surface area (Å²) >= 11 is 0. The molecule has 2 rings (SSSR count). The number of nitrogens with zero attached hydrogens (tertiary/aromatic N) is 3. The summed E-state index contributed by atoms with van der Waals surface area (Å²) < 4.78 is 5.33. The number of rotatable bonds is 6. The fourth-order valence-corrected chi connectivity index (χ4v) is 3.23. The van der Waals surface area contributed by atoms with Crippen LogP contribution in [0.3, 0.4) is 0 Å². The van der Waals surface area contributed by atoms with E-state index in [9.17, 15) is 4.79 Å². The highest BCUT2D eigenvalue weighted by Gasteiger charge is 2.29. The van der Waals surface area contributed by atoms with Crippen LogP contribution >= 0.6 is 24.0 Å². The molecular formula is C18H36IN5O2. The van der Waals surface area contributed by atoms with Gasteiger partial charge in [-0.15, -0.1) is 24.0 Å². The van der Waals surface area contributed by atoms with Gasteiger partial charge < -0.3 is 20.3 Å². The molecule has 1 aliphatic carbocycles. The van der Waals surface area contributed by atoms with Crippen LogP contribution in [0, 0.1) is 0 Å². The molecule has 1 heterocycles. The maximum atomic E-state index is 11.9. The minimum atomic E-state index is -0.466. The van der Waals surface area contributed by atoms with Gasteiger partial charge in [0.25, 0.3) is 0 Å². The first kappa shape index (κ1) is 23.3. The standard InChI is InChI=1S/C18H35N5O2.HI/c1-6-22(15-7-8-15)12-10-20-16(19-5)23-11-9-14(13-23)21-17(24)25-18(2,3)4;/h14-15H,6-13H2,1-5H3,(H,19,20)(H,21,24);1H. The number of hydrogen-bond donors (Lipinski definition) is 2. The van der Waals surface area contributed by atoms with Crippen molar-refractivity contribution in [3.63, 3.8) is 0 Å². The van der Waals surface area contributed by atoms with Crippen LogP contribution in [0.4, 0.5) is 4.79 Å². The van der Waals surface area contributed by atoms with E-state index in [1.807, 2.05) is 27.8 Å². The molecule has 8 heteroatoms. The number of carbonyl (C=O) groups excluding carboxylic acids is 1. The fourth-order valence-electron chi connectivity index (χ4n) is 3.23. The number of likely N-dealkylation sites (N-methyl/N-ethyl adjacent to an activating group) is 1.